The van der Waals surface area contributed by atoms with E-state index in [1.54, 1.807) is 0 Å². The number of ether oxygens (including phenoxy) is 8. The SMILES string of the molecule is CC(=O)N[C@H]1[C@H](O[C@H]2[C@@H](OCc3ccccc3)[C@@H](COCc3ccccc3)O[C@H](O[P+](=O)[O-])[C@@H]2OCc2ccccc2)O[C@H](COCc2ccccc2)[C@@H](O[Si](C)(C)C(C)(C)C)[C@@H]1OC(C)=O. The molecule has 2 saturated heterocycles. The maximum absolute atomic E-state index is 13.3. The third kappa shape index (κ3) is 15.4. The molecule has 362 valence electrons. The first-order chi connectivity index (χ1) is 32.1. The lowest BCUT2D eigenvalue weighted by molar-refractivity contribution is -0.353. The largest absolute Gasteiger partial charge is 0.566 e. The van der Waals surface area contributed by atoms with Crippen molar-refractivity contribution < 1.29 is 65.9 Å². The van der Waals surface area contributed by atoms with Gasteiger partial charge in [0.05, 0.1) is 39.6 Å². The zero-order valence-corrected chi connectivity index (χ0v) is 41.1. The summed E-state index contributed by atoms with van der Waals surface area (Å²) in [6, 6.07) is 36.7. The summed E-state index contributed by atoms with van der Waals surface area (Å²) >= 11 is 0. The number of amides is 1. The lowest BCUT2D eigenvalue weighted by Crippen LogP contribution is -2.70. The van der Waals surface area contributed by atoms with Crippen molar-refractivity contribution in [1.82, 2.24) is 5.32 Å². The average molecular weight is 962 g/mol. The Hall–Kier alpha value is -4.26. The van der Waals surface area contributed by atoms with E-state index < -0.39 is 89.8 Å². The van der Waals surface area contributed by atoms with Crippen molar-refractivity contribution in [1.29, 1.82) is 0 Å². The number of carbonyl (C=O) groups excluding carboxylic acids is 2. The van der Waals surface area contributed by atoms with Crippen molar-refractivity contribution >= 4 is 28.4 Å². The summed E-state index contributed by atoms with van der Waals surface area (Å²) in [4.78, 5) is 38.9. The minimum atomic E-state index is -3.50. The summed E-state index contributed by atoms with van der Waals surface area (Å²) in [5.41, 5.74) is 3.41. The molecule has 2 aliphatic heterocycles. The number of nitrogens with one attached hydrogen (secondary N) is 1. The first-order valence-electron chi connectivity index (χ1n) is 22.5. The number of rotatable bonds is 22. The highest BCUT2D eigenvalue weighted by Gasteiger charge is 2.57. The molecule has 1 N–H and O–H groups in total. The third-order valence-corrected chi connectivity index (χ3v) is 16.8. The van der Waals surface area contributed by atoms with Gasteiger partial charge in [-0.05, 0) is 45.0 Å². The maximum atomic E-state index is 13.3. The summed E-state index contributed by atoms with van der Waals surface area (Å²) in [5, 5.41) is 2.66. The van der Waals surface area contributed by atoms with E-state index in [2.05, 4.69) is 39.2 Å². The number of hydrogen-bond acceptors (Lipinski definition) is 14. The highest BCUT2D eigenvalue weighted by molar-refractivity contribution is 7.30. The van der Waals surface area contributed by atoms with Crippen LogP contribution in [0, 0.1) is 0 Å². The fourth-order valence-electron chi connectivity index (χ4n) is 7.67. The molecule has 0 aromatic heterocycles. The van der Waals surface area contributed by atoms with Crippen LogP contribution >= 0.6 is 8.25 Å². The molecule has 11 atom stereocenters. The van der Waals surface area contributed by atoms with Gasteiger partial charge in [0, 0.05) is 13.8 Å². The normalized spacial score (nSPS) is 25.8. The Balaban J connectivity index is 1.44. The fourth-order valence-corrected chi connectivity index (χ4v) is 9.33. The first kappa shape index (κ1) is 52.1. The van der Waals surface area contributed by atoms with Crippen LogP contribution in [0.1, 0.15) is 56.9 Å². The third-order valence-electron chi connectivity index (χ3n) is 12.0. The van der Waals surface area contributed by atoms with Gasteiger partial charge in [0.2, 0.25) is 12.2 Å². The number of hydrogen-bond donors (Lipinski definition) is 1. The van der Waals surface area contributed by atoms with E-state index >= 15 is 0 Å². The van der Waals surface area contributed by atoms with Gasteiger partial charge in [0.25, 0.3) is 0 Å². The molecule has 0 saturated carbocycles. The first-order valence-corrected chi connectivity index (χ1v) is 26.5. The van der Waals surface area contributed by atoms with Crippen LogP contribution in [-0.2, 0) is 87.4 Å². The van der Waals surface area contributed by atoms with E-state index in [-0.39, 0.29) is 44.7 Å². The molecular weight excluding hydrogens is 898 g/mol. The molecule has 4 aromatic rings. The molecule has 1 unspecified atom stereocenters. The van der Waals surface area contributed by atoms with Gasteiger partial charge in [-0.15, -0.1) is 4.52 Å². The van der Waals surface area contributed by atoms with Gasteiger partial charge in [-0.2, -0.15) is 0 Å². The van der Waals surface area contributed by atoms with Gasteiger partial charge in [0.1, 0.15) is 42.7 Å². The second-order valence-electron chi connectivity index (χ2n) is 18.2. The van der Waals surface area contributed by atoms with Gasteiger partial charge in [-0.25, -0.2) is 0 Å². The van der Waals surface area contributed by atoms with Crippen LogP contribution < -0.4 is 10.2 Å². The highest BCUT2D eigenvalue weighted by atomic mass is 31.1. The number of esters is 1. The molecule has 0 spiro atoms. The minimum absolute atomic E-state index is 0.0140. The van der Waals surface area contributed by atoms with Gasteiger partial charge in [-0.1, -0.05) is 142 Å². The molecule has 4 aromatic carbocycles. The molecule has 2 heterocycles. The van der Waals surface area contributed by atoms with Crippen molar-refractivity contribution in [2.45, 2.75) is 141 Å². The fraction of sp³-hybridized carbons (Fsp3) is 0.480. The predicted octanol–water partition coefficient (Wildman–Crippen LogP) is 7.29. The molecule has 2 aliphatic rings. The Morgan fingerprint density at radius 2 is 1.06 bits per heavy atom. The Morgan fingerprint density at radius 1 is 0.627 bits per heavy atom. The van der Waals surface area contributed by atoms with Crippen molar-refractivity contribution in [3.8, 4) is 0 Å². The molecule has 15 nitrogen and oxygen atoms in total. The standard InChI is InChI=1S/C50H64NO14PSi/c1-34(52)51-42-45(60-35(2)53)44(65-67(6,7)50(3,4)5)41(33-57-29-37-22-14-9-15-23-37)61-48(42)63-46-43(58-30-38-24-16-10-17-25-38)40(32-56-28-36-20-12-8-13-21-36)62-49(64-66(54)55)47(46)59-31-39-26-18-11-19-27-39/h8-27,40-49H,28-33H2,1-7H3,(H,51,52)/t40-,41-,42-,43+,44-,45-,46+,47-,48+,49-/m1/s1. The molecule has 2 fully saturated rings. The summed E-state index contributed by atoms with van der Waals surface area (Å²) in [7, 11) is -6.17. The Morgan fingerprint density at radius 3 is 1.49 bits per heavy atom. The average Bonchev–Trinajstić information content (AvgIpc) is 3.28. The molecule has 0 aliphatic carbocycles. The van der Waals surface area contributed by atoms with Crippen LogP contribution in [0.5, 0.6) is 0 Å². The summed E-state index contributed by atoms with van der Waals surface area (Å²) < 4.78 is 77.7. The van der Waals surface area contributed by atoms with E-state index in [4.69, 9.17) is 46.8 Å². The predicted molar refractivity (Wildman–Crippen MR) is 248 cm³/mol. The monoisotopic (exact) mass is 961 g/mol. The van der Waals surface area contributed by atoms with Gasteiger partial charge >= 0.3 is 14.2 Å². The summed E-state index contributed by atoms with van der Waals surface area (Å²) in [5.74, 6) is -1.10. The van der Waals surface area contributed by atoms with Crippen molar-refractivity contribution in [2.24, 2.45) is 0 Å². The van der Waals surface area contributed by atoms with E-state index in [0.717, 1.165) is 22.3 Å². The quantitative estimate of drug-likeness (QED) is 0.0472. The van der Waals surface area contributed by atoms with E-state index in [9.17, 15) is 19.0 Å². The second-order valence-corrected chi connectivity index (χ2v) is 23.6. The summed E-state index contributed by atoms with van der Waals surface area (Å²) in [6.45, 7) is 13.4. The lowest BCUT2D eigenvalue weighted by atomic mass is 9.94. The number of carbonyl (C=O) groups is 2. The second kappa shape index (κ2) is 24.8. The Labute approximate surface area is 395 Å². The van der Waals surface area contributed by atoms with Gasteiger partial charge in [0.15, 0.2) is 20.7 Å². The van der Waals surface area contributed by atoms with Crippen LogP contribution in [0.25, 0.3) is 0 Å². The van der Waals surface area contributed by atoms with Crippen molar-refractivity contribution in [2.75, 3.05) is 13.2 Å². The van der Waals surface area contributed by atoms with Crippen LogP contribution in [-0.4, -0.2) is 94.8 Å². The molecule has 1 amide bonds. The lowest BCUT2D eigenvalue weighted by Gasteiger charge is -2.51. The van der Waals surface area contributed by atoms with Crippen LogP contribution in [0.4, 0.5) is 0 Å². The summed E-state index contributed by atoms with van der Waals surface area (Å²) in [6.07, 6.45) is -10.6. The van der Waals surface area contributed by atoms with Crippen molar-refractivity contribution in [3.63, 3.8) is 0 Å². The molecule has 0 bridgehead atoms. The molecule has 6 rings (SSSR count). The van der Waals surface area contributed by atoms with Gasteiger partial charge < -0.3 is 52.5 Å². The maximum Gasteiger partial charge on any atom is 0.491 e. The zero-order valence-electron chi connectivity index (χ0n) is 39.2. The van der Waals surface area contributed by atoms with E-state index in [1.165, 1.54) is 13.8 Å². The number of benzene rings is 4. The highest BCUT2D eigenvalue weighted by Crippen LogP contribution is 2.41. The molecule has 17 heteroatoms. The molecular formula is C50H64NO14PSi. The van der Waals surface area contributed by atoms with Crippen LogP contribution in [0.15, 0.2) is 121 Å². The smallest absolute Gasteiger partial charge is 0.491 e. The van der Waals surface area contributed by atoms with Crippen molar-refractivity contribution in [3.05, 3.63) is 144 Å². The topological polar surface area (TPSA) is 179 Å². The minimum Gasteiger partial charge on any atom is -0.566 e. The van der Waals surface area contributed by atoms with Crippen LogP contribution in [0.3, 0.4) is 0 Å². The molecule has 0 radical (unpaired) electrons. The zero-order chi connectivity index (χ0) is 48.0. The molecule has 67 heavy (non-hydrogen) atoms. The van der Waals surface area contributed by atoms with E-state index in [1.807, 2.05) is 121 Å². The van der Waals surface area contributed by atoms with Crippen LogP contribution in [0.2, 0.25) is 18.1 Å². The Kier molecular flexibility index (Phi) is 19.3. The van der Waals surface area contributed by atoms with E-state index in [0.29, 0.717) is 0 Å². The van der Waals surface area contributed by atoms with Gasteiger partial charge in [-0.3, -0.25) is 9.59 Å². The Bertz CT molecular complexity index is 2130.